The minimum Gasteiger partial charge on any atom is -0.322 e. The first-order valence-electron chi connectivity index (χ1n) is 5.39. The van der Waals surface area contributed by atoms with Gasteiger partial charge >= 0.3 is 0 Å². The molecular formula is C14H11ClINO. The summed E-state index contributed by atoms with van der Waals surface area (Å²) in [5.74, 6) is -0.120. The molecule has 2 nitrogen and oxygen atoms in total. The molecule has 0 saturated heterocycles. The minimum absolute atomic E-state index is 0.120. The summed E-state index contributed by atoms with van der Waals surface area (Å²) in [6, 6.07) is 12.9. The molecule has 2 rings (SSSR count). The van der Waals surface area contributed by atoms with E-state index in [1.54, 1.807) is 18.2 Å². The van der Waals surface area contributed by atoms with Crippen LogP contribution in [0.25, 0.3) is 0 Å². The topological polar surface area (TPSA) is 29.1 Å². The first-order valence-corrected chi connectivity index (χ1v) is 6.85. The fourth-order valence-electron chi connectivity index (χ4n) is 1.61. The normalized spacial score (nSPS) is 10.2. The van der Waals surface area contributed by atoms with Gasteiger partial charge in [0.05, 0.1) is 0 Å². The van der Waals surface area contributed by atoms with Crippen LogP contribution in [-0.4, -0.2) is 5.91 Å². The lowest BCUT2D eigenvalue weighted by atomic mass is 10.1. The van der Waals surface area contributed by atoms with Crippen LogP contribution in [0.1, 0.15) is 15.9 Å². The van der Waals surface area contributed by atoms with Crippen molar-refractivity contribution < 1.29 is 4.79 Å². The third-order valence-corrected chi connectivity index (χ3v) is 3.49. The summed E-state index contributed by atoms with van der Waals surface area (Å²) < 4.78 is 1.13. The largest absolute Gasteiger partial charge is 0.322 e. The zero-order valence-corrected chi connectivity index (χ0v) is 12.6. The summed E-state index contributed by atoms with van der Waals surface area (Å²) >= 11 is 8.09. The summed E-state index contributed by atoms with van der Waals surface area (Å²) in [7, 11) is 0. The fraction of sp³-hybridized carbons (Fsp3) is 0.0714. The third-order valence-electron chi connectivity index (χ3n) is 2.54. The quantitative estimate of drug-likeness (QED) is 0.774. The summed E-state index contributed by atoms with van der Waals surface area (Å²) in [4.78, 5) is 12.1. The Morgan fingerprint density at radius 2 is 1.83 bits per heavy atom. The lowest BCUT2D eigenvalue weighted by Gasteiger charge is -2.08. The molecule has 0 bridgehead atoms. The molecule has 0 spiro atoms. The van der Waals surface area contributed by atoms with E-state index in [0.29, 0.717) is 10.6 Å². The SMILES string of the molecule is Cc1cc(Cl)ccc1C(=O)Nc1ccc(I)cc1. The van der Waals surface area contributed by atoms with Gasteiger partial charge in [-0.2, -0.15) is 0 Å². The Kier molecular flexibility index (Phi) is 4.24. The monoisotopic (exact) mass is 371 g/mol. The average Bonchev–Trinajstić information content (AvgIpc) is 2.32. The first-order chi connectivity index (χ1) is 8.56. The molecule has 0 aliphatic rings. The molecular weight excluding hydrogens is 361 g/mol. The maximum atomic E-state index is 12.1. The summed E-state index contributed by atoms with van der Waals surface area (Å²) in [5.41, 5.74) is 2.29. The second-order valence-corrected chi connectivity index (χ2v) is 5.60. The molecule has 0 heterocycles. The van der Waals surface area contributed by atoms with Crippen molar-refractivity contribution >= 4 is 45.8 Å². The number of amides is 1. The van der Waals surface area contributed by atoms with Gasteiger partial charge < -0.3 is 5.32 Å². The number of nitrogens with one attached hydrogen (secondary N) is 1. The molecule has 1 amide bonds. The van der Waals surface area contributed by atoms with E-state index in [2.05, 4.69) is 27.9 Å². The standard InChI is InChI=1S/C14H11ClINO/c1-9-8-10(15)2-7-13(9)14(18)17-12-5-3-11(16)4-6-12/h2-8H,1H3,(H,17,18). The van der Waals surface area contributed by atoms with E-state index in [1.165, 1.54) is 0 Å². The van der Waals surface area contributed by atoms with Gasteiger partial charge in [-0.1, -0.05) is 11.6 Å². The Labute approximate surface area is 124 Å². The minimum atomic E-state index is -0.120. The molecule has 2 aromatic rings. The number of carbonyl (C=O) groups excluding carboxylic acids is 1. The number of rotatable bonds is 2. The zero-order valence-electron chi connectivity index (χ0n) is 9.71. The van der Waals surface area contributed by atoms with E-state index >= 15 is 0 Å². The van der Waals surface area contributed by atoms with Crippen LogP contribution in [0.4, 0.5) is 5.69 Å². The maximum Gasteiger partial charge on any atom is 0.255 e. The van der Waals surface area contributed by atoms with Crippen molar-refractivity contribution in [2.24, 2.45) is 0 Å². The molecule has 0 aliphatic carbocycles. The van der Waals surface area contributed by atoms with Crippen molar-refractivity contribution in [3.05, 3.63) is 62.2 Å². The first kappa shape index (κ1) is 13.4. The molecule has 0 radical (unpaired) electrons. The van der Waals surface area contributed by atoms with Gasteiger partial charge in [0, 0.05) is 19.8 Å². The highest BCUT2D eigenvalue weighted by Crippen LogP contribution is 2.17. The smallest absolute Gasteiger partial charge is 0.255 e. The molecule has 92 valence electrons. The number of anilines is 1. The van der Waals surface area contributed by atoms with E-state index in [-0.39, 0.29) is 5.91 Å². The molecule has 0 atom stereocenters. The van der Waals surface area contributed by atoms with E-state index in [0.717, 1.165) is 14.8 Å². The van der Waals surface area contributed by atoms with Crippen LogP contribution < -0.4 is 5.32 Å². The Morgan fingerprint density at radius 1 is 1.17 bits per heavy atom. The number of carbonyl (C=O) groups is 1. The van der Waals surface area contributed by atoms with Crippen molar-refractivity contribution in [1.82, 2.24) is 0 Å². The number of aryl methyl sites for hydroxylation is 1. The average molecular weight is 372 g/mol. The van der Waals surface area contributed by atoms with Gasteiger partial charge in [-0.3, -0.25) is 4.79 Å². The van der Waals surface area contributed by atoms with Gasteiger partial charge in [-0.25, -0.2) is 0 Å². The molecule has 2 aromatic carbocycles. The van der Waals surface area contributed by atoms with Crippen LogP contribution in [0.5, 0.6) is 0 Å². The van der Waals surface area contributed by atoms with E-state index in [1.807, 2.05) is 31.2 Å². The third kappa shape index (κ3) is 3.23. The van der Waals surface area contributed by atoms with Crippen LogP contribution in [-0.2, 0) is 0 Å². The predicted molar refractivity (Wildman–Crippen MR) is 83.3 cm³/mol. The van der Waals surface area contributed by atoms with Gasteiger partial charge in [0.15, 0.2) is 0 Å². The second-order valence-electron chi connectivity index (χ2n) is 3.92. The Hall–Kier alpha value is -1.07. The van der Waals surface area contributed by atoms with Gasteiger partial charge in [-0.15, -0.1) is 0 Å². The number of hydrogen-bond donors (Lipinski definition) is 1. The van der Waals surface area contributed by atoms with Crippen molar-refractivity contribution in [3.8, 4) is 0 Å². The molecule has 4 heteroatoms. The molecule has 18 heavy (non-hydrogen) atoms. The lowest BCUT2D eigenvalue weighted by Crippen LogP contribution is -2.13. The van der Waals surface area contributed by atoms with Crippen LogP contribution in [0.3, 0.4) is 0 Å². The highest BCUT2D eigenvalue weighted by molar-refractivity contribution is 14.1. The maximum absolute atomic E-state index is 12.1. The molecule has 0 aromatic heterocycles. The van der Waals surface area contributed by atoms with Gasteiger partial charge in [0.2, 0.25) is 0 Å². The van der Waals surface area contributed by atoms with Crippen LogP contribution in [0, 0.1) is 10.5 Å². The summed E-state index contributed by atoms with van der Waals surface area (Å²) in [5, 5.41) is 3.50. The highest BCUT2D eigenvalue weighted by atomic mass is 127. The predicted octanol–water partition coefficient (Wildman–Crippen LogP) is 4.51. The molecule has 0 saturated carbocycles. The van der Waals surface area contributed by atoms with Crippen molar-refractivity contribution in [2.75, 3.05) is 5.32 Å². The number of hydrogen-bond acceptors (Lipinski definition) is 1. The van der Waals surface area contributed by atoms with Gasteiger partial charge in [0.1, 0.15) is 0 Å². The molecule has 1 N–H and O–H groups in total. The van der Waals surface area contributed by atoms with E-state index in [9.17, 15) is 4.79 Å². The van der Waals surface area contributed by atoms with Crippen molar-refractivity contribution in [1.29, 1.82) is 0 Å². The summed E-state index contributed by atoms with van der Waals surface area (Å²) in [6.45, 7) is 1.87. The fourth-order valence-corrected chi connectivity index (χ4v) is 2.20. The molecule has 0 unspecified atom stereocenters. The second kappa shape index (κ2) is 5.71. The lowest BCUT2D eigenvalue weighted by molar-refractivity contribution is 0.102. The summed E-state index contributed by atoms with van der Waals surface area (Å²) in [6.07, 6.45) is 0. The van der Waals surface area contributed by atoms with Crippen LogP contribution in [0.2, 0.25) is 5.02 Å². The molecule has 0 aliphatic heterocycles. The Bertz CT molecular complexity index is 581. The molecule has 0 fully saturated rings. The van der Waals surface area contributed by atoms with E-state index < -0.39 is 0 Å². The number of benzene rings is 2. The van der Waals surface area contributed by atoms with Crippen LogP contribution in [0.15, 0.2) is 42.5 Å². The highest BCUT2D eigenvalue weighted by Gasteiger charge is 2.09. The Morgan fingerprint density at radius 3 is 2.44 bits per heavy atom. The van der Waals surface area contributed by atoms with Gasteiger partial charge in [-0.05, 0) is 77.5 Å². The van der Waals surface area contributed by atoms with Crippen LogP contribution >= 0.6 is 34.2 Å². The zero-order chi connectivity index (χ0) is 13.1. The van der Waals surface area contributed by atoms with E-state index in [4.69, 9.17) is 11.6 Å². The van der Waals surface area contributed by atoms with Crippen molar-refractivity contribution in [3.63, 3.8) is 0 Å². The number of halogens is 2. The van der Waals surface area contributed by atoms with Crippen molar-refractivity contribution in [2.45, 2.75) is 6.92 Å². The Balaban J connectivity index is 2.19. The van der Waals surface area contributed by atoms with Gasteiger partial charge in [0.25, 0.3) is 5.91 Å².